The molecule has 12 heavy (non-hydrogen) atoms. The number of hydrogen-bond donors (Lipinski definition) is 0. The van der Waals surface area contributed by atoms with Crippen LogP contribution in [0.25, 0.3) is 0 Å². The molecule has 0 spiro atoms. The summed E-state index contributed by atoms with van der Waals surface area (Å²) in [4.78, 5) is 0. The Hall–Kier alpha value is 0.400. The molecule has 0 aromatic carbocycles. The van der Waals surface area contributed by atoms with Gasteiger partial charge in [0.15, 0.2) is 0 Å². The highest BCUT2D eigenvalue weighted by atomic mass is 35.5. The second-order valence-electron chi connectivity index (χ2n) is 2.03. The SMILES string of the molecule is FC(F)(Cl)C(F)(Cl)CC=CCCl. The molecule has 0 nitrogen and oxygen atoms in total. The molecule has 0 saturated carbocycles. The number of hydrogen-bond acceptors (Lipinski definition) is 0. The van der Waals surface area contributed by atoms with Crippen LogP contribution in [0.5, 0.6) is 0 Å². The van der Waals surface area contributed by atoms with E-state index in [0.717, 1.165) is 6.08 Å². The number of allylic oxidation sites excluding steroid dienone is 2. The van der Waals surface area contributed by atoms with Gasteiger partial charge >= 0.3 is 5.38 Å². The lowest BCUT2D eigenvalue weighted by atomic mass is 10.2. The van der Waals surface area contributed by atoms with Gasteiger partial charge in [-0.25, -0.2) is 4.39 Å². The van der Waals surface area contributed by atoms with E-state index in [4.69, 9.17) is 23.2 Å². The molecular weight excluding hydrogens is 235 g/mol. The van der Waals surface area contributed by atoms with Gasteiger partial charge in [0, 0.05) is 12.3 Å². The Morgan fingerprint density at radius 1 is 1.08 bits per heavy atom. The third-order valence-electron chi connectivity index (χ3n) is 1.04. The smallest absolute Gasteiger partial charge is 0.218 e. The van der Waals surface area contributed by atoms with E-state index in [1.807, 2.05) is 0 Å². The van der Waals surface area contributed by atoms with E-state index in [1.54, 1.807) is 0 Å². The van der Waals surface area contributed by atoms with Gasteiger partial charge in [0.1, 0.15) is 0 Å². The first-order chi connectivity index (χ1) is 5.31. The summed E-state index contributed by atoms with van der Waals surface area (Å²) in [5.74, 6) is 0.112. The molecule has 0 heterocycles. The Morgan fingerprint density at radius 3 is 1.92 bits per heavy atom. The predicted octanol–water partition coefficient (Wildman–Crippen LogP) is 3.91. The first kappa shape index (κ1) is 12.4. The molecule has 0 aromatic rings. The Balaban J connectivity index is 4.14. The van der Waals surface area contributed by atoms with E-state index in [9.17, 15) is 13.2 Å². The minimum absolute atomic E-state index is 0.112. The largest absolute Gasteiger partial charge is 0.369 e. The molecule has 1 atom stereocenters. The standard InChI is InChI=1S/C6H6Cl3F3/c7-4-2-1-3-5(8,10)6(9,11)12/h1-2H,3-4H2. The van der Waals surface area contributed by atoms with Crippen molar-refractivity contribution in [1.29, 1.82) is 0 Å². The Morgan fingerprint density at radius 2 is 1.58 bits per heavy atom. The summed E-state index contributed by atoms with van der Waals surface area (Å²) in [7, 11) is 0. The molecule has 0 aliphatic heterocycles. The van der Waals surface area contributed by atoms with Crippen molar-refractivity contribution in [3.63, 3.8) is 0 Å². The lowest BCUT2D eigenvalue weighted by molar-refractivity contribution is -0.0178. The van der Waals surface area contributed by atoms with Crippen LogP contribution in [0.4, 0.5) is 13.2 Å². The molecule has 0 aromatic heterocycles. The highest BCUT2D eigenvalue weighted by Gasteiger charge is 2.51. The van der Waals surface area contributed by atoms with Crippen LogP contribution in [0.15, 0.2) is 12.2 Å². The third-order valence-corrected chi connectivity index (χ3v) is 2.01. The molecule has 0 N–H and O–H groups in total. The molecule has 0 amide bonds. The Labute approximate surface area is 83.3 Å². The van der Waals surface area contributed by atoms with E-state index in [2.05, 4.69) is 11.6 Å². The van der Waals surface area contributed by atoms with E-state index >= 15 is 0 Å². The maximum atomic E-state index is 12.7. The second-order valence-corrected chi connectivity index (χ2v) is 3.41. The maximum absolute atomic E-state index is 12.7. The monoisotopic (exact) mass is 240 g/mol. The van der Waals surface area contributed by atoms with Crippen molar-refractivity contribution in [1.82, 2.24) is 0 Å². The van der Waals surface area contributed by atoms with Crippen LogP contribution >= 0.6 is 34.8 Å². The average molecular weight is 241 g/mol. The fraction of sp³-hybridized carbons (Fsp3) is 0.667. The topological polar surface area (TPSA) is 0 Å². The first-order valence-corrected chi connectivity index (χ1v) is 4.26. The van der Waals surface area contributed by atoms with Crippen molar-refractivity contribution in [3.8, 4) is 0 Å². The third kappa shape index (κ3) is 3.87. The van der Waals surface area contributed by atoms with Gasteiger partial charge in [-0.05, 0) is 11.6 Å². The van der Waals surface area contributed by atoms with Crippen molar-refractivity contribution in [3.05, 3.63) is 12.2 Å². The van der Waals surface area contributed by atoms with Crippen molar-refractivity contribution in [2.45, 2.75) is 16.9 Å². The molecule has 0 radical (unpaired) electrons. The van der Waals surface area contributed by atoms with Gasteiger partial charge in [0.2, 0.25) is 0 Å². The summed E-state index contributed by atoms with van der Waals surface area (Å²) in [5.41, 5.74) is 0. The summed E-state index contributed by atoms with van der Waals surface area (Å²) in [6.07, 6.45) is 1.73. The van der Waals surface area contributed by atoms with Crippen molar-refractivity contribution < 1.29 is 13.2 Å². The lowest BCUT2D eigenvalue weighted by Crippen LogP contribution is -2.33. The summed E-state index contributed by atoms with van der Waals surface area (Å²) < 4.78 is 36.9. The number of alkyl halides is 6. The summed E-state index contributed by atoms with van der Waals surface area (Å²) >= 11 is 14.4. The summed E-state index contributed by atoms with van der Waals surface area (Å²) in [6.45, 7) is 0. The maximum Gasteiger partial charge on any atom is 0.369 e. The molecule has 0 fully saturated rings. The van der Waals surface area contributed by atoms with E-state index in [-0.39, 0.29) is 5.88 Å². The van der Waals surface area contributed by atoms with Crippen LogP contribution in [-0.2, 0) is 0 Å². The fourth-order valence-electron chi connectivity index (χ4n) is 0.410. The molecule has 0 rings (SSSR count). The Kier molecular flexibility index (Phi) is 4.74. The summed E-state index contributed by atoms with van der Waals surface area (Å²) in [5, 5.41) is -7.33. The highest BCUT2D eigenvalue weighted by molar-refractivity contribution is 6.32. The van der Waals surface area contributed by atoms with Crippen molar-refractivity contribution in [2.24, 2.45) is 0 Å². The Bertz CT molecular complexity index is 162. The van der Waals surface area contributed by atoms with Gasteiger partial charge in [-0.1, -0.05) is 23.8 Å². The van der Waals surface area contributed by atoms with Crippen LogP contribution in [-0.4, -0.2) is 16.4 Å². The minimum atomic E-state index is -4.08. The number of halogens is 6. The minimum Gasteiger partial charge on any atom is -0.218 e. The van der Waals surface area contributed by atoms with E-state index in [0.29, 0.717) is 0 Å². The molecule has 1 unspecified atom stereocenters. The van der Waals surface area contributed by atoms with Crippen LogP contribution in [0.2, 0.25) is 0 Å². The van der Waals surface area contributed by atoms with Gasteiger partial charge < -0.3 is 0 Å². The van der Waals surface area contributed by atoms with Crippen LogP contribution in [0, 0.1) is 0 Å². The van der Waals surface area contributed by atoms with Gasteiger partial charge in [-0.2, -0.15) is 8.78 Å². The van der Waals surface area contributed by atoms with Gasteiger partial charge in [-0.3, -0.25) is 0 Å². The van der Waals surface area contributed by atoms with Crippen LogP contribution < -0.4 is 0 Å². The molecule has 0 saturated heterocycles. The highest BCUT2D eigenvalue weighted by Crippen LogP contribution is 2.42. The first-order valence-electron chi connectivity index (χ1n) is 2.97. The zero-order valence-electron chi connectivity index (χ0n) is 5.84. The number of rotatable bonds is 4. The van der Waals surface area contributed by atoms with E-state index < -0.39 is 16.9 Å². The molecule has 0 bridgehead atoms. The molecular formula is C6H6Cl3F3. The van der Waals surface area contributed by atoms with Crippen LogP contribution in [0.3, 0.4) is 0 Å². The second kappa shape index (κ2) is 4.58. The quantitative estimate of drug-likeness (QED) is 0.517. The molecule has 0 aliphatic carbocycles. The van der Waals surface area contributed by atoms with Gasteiger partial charge in [-0.15, -0.1) is 11.6 Å². The van der Waals surface area contributed by atoms with Crippen molar-refractivity contribution in [2.75, 3.05) is 5.88 Å². The molecule has 0 aliphatic rings. The normalized spacial score (nSPS) is 18.2. The van der Waals surface area contributed by atoms with Gasteiger partial charge in [0.05, 0.1) is 0 Å². The average Bonchev–Trinajstić information content (AvgIpc) is 1.85. The zero-order chi connectivity index (χ0) is 9.83. The summed E-state index contributed by atoms with van der Waals surface area (Å²) in [6, 6.07) is 0. The fourth-order valence-corrected chi connectivity index (χ4v) is 0.702. The zero-order valence-corrected chi connectivity index (χ0v) is 8.10. The lowest BCUT2D eigenvalue weighted by Gasteiger charge is -2.20. The molecule has 6 heteroatoms. The van der Waals surface area contributed by atoms with Gasteiger partial charge in [0.25, 0.3) is 5.13 Å². The predicted molar refractivity (Wildman–Crippen MR) is 45.0 cm³/mol. The molecule has 72 valence electrons. The van der Waals surface area contributed by atoms with E-state index in [1.165, 1.54) is 6.08 Å². The van der Waals surface area contributed by atoms with Crippen molar-refractivity contribution >= 4 is 34.8 Å². The van der Waals surface area contributed by atoms with Crippen LogP contribution in [0.1, 0.15) is 6.42 Å².